The van der Waals surface area contributed by atoms with Crippen LogP contribution in [0.2, 0.25) is 0 Å². The van der Waals surface area contributed by atoms with E-state index in [1.807, 2.05) is 12.1 Å². The van der Waals surface area contributed by atoms with Gasteiger partial charge in [-0.25, -0.2) is 14.4 Å². The summed E-state index contributed by atoms with van der Waals surface area (Å²) in [6.07, 6.45) is 5.71. The number of halogens is 1. The van der Waals surface area contributed by atoms with Crippen LogP contribution < -0.4 is 4.74 Å². The van der Waals surface area contributed by atoms with E-state index in [1.54, 1.807) is 18.5 Å². The van der Waals surface area contributed by atoms with Gasteiger partial charge in [-0.2, -0.15) is 0 Å². The van der Waals surface area contributed by atoms with Crippen molar-refractivity contribution in [3.05, 3.63) is 54.1 Å². The molecule has 1 aliphatic carbocycles. The molecule has 0 radical (unpaired) electrons. The van der Waals surface area contributed by atoms with E-state index in [9.17, 15) is 4.39 Å². The van der Waals surface area contributed by atoms with Crippen molar-refractivity contribution in [2.75, 3.05) is 19.8 Å². The number of hydrogen-bond donors (Lipinski definition) is 0. The van der Waals surface area contributed by atoms with Gasteiger partial charge in [0.05, 0.1) is 19.3 Å². The van der Waals surface area contributed by atoms with Gasteiger partial charge in [0.15, 0.2) is 0 Å². The minimum absolute atomic E-state index is 0.179. The predicted molar refractivity (Wildman–Crippen MR) is 90.6 cm³/mol. The van der Waals surface area contributed by atoms with Crippen molar-refractivity contribution in [3.63, 3.8) is 0 Å². The SMILES string of the molecule is Fc1ccc(CN2CCO[C@@H]3[C@@H](COc4ncccn4)CC[C@@H]32)cc1. The Morgan fingerprint density at radius 3 is 2.76 bits per heavy atom. The average Bonchev–Trinajstić information content (AvgIpc) is 3.07. The lowest BCUT2D eigenvalue weighted by Gasteiger charge is -2.39. The highest BCUT2D eigenvalue weighted by atomic mass is 19.1. The summed E-state index contributed by atoms with van der Waals surface area (Å²) >= 11 is 0. The number of hydrogen-bond acceptors (Lipinski definition) is 5. The van der Waals surface area contributed by atoms with E-state index in [1.165, 1.54) is 12.1 Å². The van der Waals surface area contributed by atoms with Crippen molar-refractivity contribution in [3.8, 4) is 6.01 Å². The van der Waals surface area contributed by atoms with Gasteiger partial charge in [0, 0.05) is 37.4 Å². The Labute approximate surface area is 146 Å². The van der Waals surface area contributed by atoms with E-state index in [0.717, 1.165) is 38.1 Å². The van der Waals surface area contributed by atoms with E-state index >= 15 is 0 Å². The summed E-state index contributed by atoms with van der Waals surface area (Å²) in [4.78, 5) is 10.7. The maximum atomic E-state index is 13.1. The van der Waals surface area contributed by atoms with E-state index in [-0.39, 0.29) is 11.9 Å². The molecule has 5 nitrogen and oxygen atoms in total. The molecule has 4 rings (SSSR count). The number of aromatic nitrogens is 2. The van der Waals surface area contributed by atoms with Crippen LogP contribution in [0.4, 0.5) is 4.39 Å². The van der Waals surface area contributed by atoms with Crippen molar-refractivity contribution in [2.24, 2.45) is 5.92 Å². The second kappa shape index (κ2) is 7.45. The van der Waals surface area contributed by atoms with Crippen molar-refractivity contribution >= 4 is 0 Å². The maximum absolute atomic E-state index is 13.1. The van der Waals surface area contributed by atoms with E-state index < -0.39 is 0 Å². The first-order chi connectivity index (χ1) is 12.3. The molecule has 132 valence electrons. The molecule has 0 spiro atoms. The predicted octanol–water partition coefficient (Wildman–Crippen LogP) is 2.67. The molecule has 0 N–H and O–H groups in total. The Morgan fingerprint density at radius 1 is 1.16 bits per heavy atom. The fraction of sp³-hybridized carbons (Fsp3) is 0.474. The number of fused-ring (bicyclic) bond motifs is 1. The lowest BCUT2D eigenvalue weighted by atomic mass is 10.0. The third kappa shape index (κ3) is 3.80. The number of rotatable bonds is 5. The monoisotopic (exact) mass is 343 g/mol. The van der Waals surface area contributed by atoms with Crippen LogP contribution in [0.5, 0.6) is 6.01 Å². The second-order valence-corrected chi connectivity index (χ2v) is 6.68. The summed E-state index contributed by atoms with van der Waals surface area (Å²) in [6.45, 7) is 3.05. The van der Waals surface area contributed by atoms with Gasteiger partial charge in [-0.15, -0.1) is 0 Å². The Kier molecular flexibility index (Phi) is 4.90. The molecule has 1 saturated heterocycles. The molecule has 1 aromatic carbocycles. The van der Waals surface area contributed by atoms with Crippen LogP contribution in [0.1, 0.15) is 18.4 Å². The molecule has 2 heterocycles. The van der Waals surface area contributed by atoms with Gasteiger partial charge in [-0.1, -0.05) is 12.1 Å². The molecule has 1 aromatic heterocycles. The highest BCUT2D eigenvalue weighted by Crippen LogP contribution is 2.35. The van der Waals surface area contributed by atoms with E-state index in [0.29, 0.717) is 24.6 Å². The number of benzene rings is 1. The zero-order valence-electron chi connectivity index (χ0n) is 14.1. The standard InChI is InChI=1S/C19H22FN3O2/c20-16-5-2-14(3-6-16)12-23-10-11-24-18-15(4-7-17(18)23)13-25-19-21-8-1-9-22-19/h1-3,5-6,8-9,15,17-18H,4,7,10-13H2/t15-,17+,18-/m1/s1. The average molecular weight is 343 g/mol. The van der Waals surface area contributed by atoms with Crippen LogP contribution in [0.15, 0.2) is 42.7 Å². The Balaban J connectivity index is 1.37. The zero-order valence-corrected chi connectivity index (χ0v) is 14.1. The molecule has 1 aliphatic heterocycles. The van der Waals surface area contributed by atoms with E-state index in [4.69, 9.17) is 9.47 Å². The molecule has 1 saturated carbocycles. The van der Waals surface area contributed by atoms with Gasteiger partial charge >= 0.3 is 6.01 Å². The van der Waals surface area contributed by atoms with Crippen LogP contribution in [-0.4, -0.2) is 46.8 Å². The zero-order chi connectivity index (χ0) is 17.1. The summed E-state index contributed by atoms with van der Waals surface area (Å²) in [5.41, 5.74) is 1.14. The Morgan fingerprint density at radius 2 is 1.96 bits per heavy atom. The van der Waals surface area contributed by atoms with Gasteiger partial charge in [0.25, 0.3) is 0 Å². The summed E-state index contributed by atoms with van der Waals surface area (Å²) in [7, 11) is 0. The molecule has 3 atom stereocenters. The number of morpholine rings is 1. The summed E-state index contributed by atoms with van der Waals surface area (Å²) in [6, 6.07) is 9.37. The fourth-order valence-corrected chi connectivity index (χ4v) is 3.88. The third-order valence-electron chi connectivity index (χ3n) is 5.10. The van der Waals surface area contributed by atoms with Crippen molar-refractivity contribution in [2.45, 2.75) is 31.5 Å². The molecule has 0 bridgehead atoms. The molecule has 0 amide bonds. The first-order valence-corrected chi connectivity index (χ1v) is 8.79. The minimum atomic E-state index is -0.190. The van der Waals surface area contributed by atoms with Crippen molar-refractivity contribution < 1.29 is 13.9 Å². The lowest BCUT2D eigenvalue weighted by molar-refractivity contribution is -0.0819. The Bertz CT molecular complexity index is 683. The highest BCUT2D eigenvalue weighted by Gasteiger charge is 2.42. The lowest BCUT2D eigenvalue weighted by Crippen LogP contribution is -2.50. The van der Waals surface area contributed by atoms with E-state index in [2.05, 4.69) is 14.9 Å². The molecular formula is C19H22FN3O2. The Hall–Kier alpha value is -2.05. The summed E-state index contributed by atoms with van der Waals surface area (Å²) in [5.74, 6) is 0.162. The van der Waals surface area contributed by atoms with Gasteiger partial charge in [0.2, 0.25) is 0 Å². The van der Waals surface area contributed by atoms with Crippen molar-refractivity contribution in [1.82, 2.24) is 14.9 Å². The van der Waals surface area contributed by atoms with Crippen LogP contribution in [-0.2, 0) is 11.3 Å². The molecule has 2 fully saturated rings. The summed E-state index contributed by atoms with van der Waals surface area (Å²) < 4.78 is 24.9. The molecule has 6 heteroatoms. The maximum Gasteiger partial charge on any atom is 0.316 e. The smallest absolute Gasteiger partial charge is 0.316 e. The molecule has 2 aliphatic rings. The van der Waals surface area contributed by atoms with Gasteiger partial charge < -0.3 is 9.47 Å². The fourth-order valence-electron chi connectivity index (χ4n) is 3.88. The molecule has 25 heavy (non-hydrogen) atoms. The largest absolute Gasteiger partial charge is 0.463 e. The van der Waals surface area contributed by atoms with Gasteiger partial charge in [0.1, 0.15) is 5.82 Å². The topological polar surface area (TPSA) is 47.5 Å². The van der Waals surface area contributed by atoms with Crippen LogP contribution in [0, 0.1) is 11.7 Å². The van der Waals surface area contributed by atoms with Crippen LogP contribution >= 0.6 is 0 Å². The number of ether oxygens (including phenoxy) is 2. The van der Waals surface area contributed by atoms with Gasteiger partial charge in [-0.05, 0) is 36.6 Å². The molecular weight excluding hydrogens is 321 g/mol. The minimum Gasteiger partial charge on any atom is -0.463 e. The quantitative estimate of drug-likeness (QED) is 0.835. The first kappa shape index (κ1) is 16.4. The van der Waals surface area contributed by atoms with Crippen LogP contribution in [0.25, 0.3) is 0 Å². The first-order valence-electron chi connectivity index (χ1n) is 8.79. The van der Waals surface area contributed by atoms with Crippen LogP contribution in [0.3, 0.4) is 0 Å². The second-order valence-electron chi connectivity index (χ2n) is 6.68. The summed E-state index contributed by atoms with van der Waals surface area (Å²) in [5, 5.41) is 0. The van der Waals surface area contributed by atoms with Gasteiger partial charge in [-0.3, -0.25) is 4.90 Å². The normalized spacial score (nSPS) is 26.4. The number of nitrogens with zero attached hydrogens (tertiary/aromatic N) is 3. The van der Waals surface area contributed by atoms with Crippen molar-refractivity contribution in [1.29, 1.82) is 0 Å². The highest BCUT2D eigenvalue weighted by molar-refractivity contribution is 5.16. The third-order valence-corrected chi connectivity index (χ3v) is 5.10. The molecule has 2 aromatic rings. The molecule has 0 unspecified atom stereocenters.